The Kier molecular flexibility index (Phi) is 38.1. The summed E-state index contributed by atoms with van der Waals surface area (Å²) in [6, 6.07) is 0. The monoisotopic (exact) mass is 715 g/mol. The highest BCUT2D eigenvalue weighted by Gasteiger charge is 2.19. The second-order valence-electron chi connectivity index (χ2n) is 13.9. The van der Waals surface area contributed by atoms with Gasteiger partial charge in [0.15, 0.2) is 6.10 Å². The van der Waals surface area contributed by atoms with Crippen LogP contribution in [-0.2, 0) is 28.6 Å². The fourth-order valence-corrected chi connectivity index (χ4v) is 5.62. The molecule has 0 fully saturated rings. The van der Waals surface area contributed by atoms with Crippen molar-refractivity contribution >= 4 is 17.9 Å². The molecule has 0 rings (SSSR count). The predicted molar refractivity (Wildman–Crippen MR) is 215 cm³/mol. The highest BCUT2D eigenvalue weighted by atomic mass is 16.6. The first-order valence-electron chi connectivity index (χ1n) is 21.1. The van der Waals surface area contributed by atoms with Crippen LogP contribution in [-0.4, -0.2) is 37.2 Å². The molecule has 0 spiro atoms. The second kappa shape index (κ2) is 40.1. The fraction of sp³-hybridized carbons (Fsp3) is 0.756. The summed E-state index contributed by atoms with van der Waals surface area (Å²) in [5.74, 6) is -0.946. The van der Waals surface area contributed by atoms with Crippen molar-refractivity contribution in [2.45, 2.75) is 207 Å². The summed E-state index contributed by atoms with van der Waals surface area (Å²) < 4.78 is 16.5. The maximum absolute atomic E-state index is 12.6. The van der Waals surface area contributed by atoms with E-state index in [1.165, 1.54) is 64.2 Å². The Morgan fingerprint density at radius 2 is 0.765 bits per heavy atom. The zero-order valence-corrected chi connectivity index (χ0v) is 33.4. The first-order chi connectivity index (χ1) is 25.0. The number of ether oxygens (including phenoxy) is 3. The summed E-state index contributed by atoms with van der Waals surface area (Å²) >= 11 is 0. The topological polar surface area (TPSA) is 78.9 Å². The van der Waals surface area contributed by atoms with Gasteiger partial charge >= 0.3 is 17.9 Å². The van der Waals surface area contributed by atoms with Crippen LogP contribution in [0.3, 0.4) is 0 Å². The molecule has 0 saturated heterocycles. The third-order valence-corrected chi connectivity index (χ3v) is 8.82. The maximum Gasteiger partial charge on any atom is 0.306 e. The highest BCUT2D eigenvalue weighted by Crippen LogP contribution is 2.12. The number of hydrogen-bond acceptors (Lipinski definition) is 6. The van der Waals surface area contributed by atoms with E-state index in [4.69, 9.17) is 14.2 Å². The lowest BCUT2D eigenvalue weighted by atomic mass is 10.1. The summed E-state index contributed by atoms with van der Waals surface area (Å²) in [7, 11) is 0. The summed E-state index contributed by atoms with van der Waals surface area (Å²) in [5.41, 5.74) is 0. The molecule has 1 unspecified atom stereocenters. The van der Waals surface area contributed by atoms with Crippen LogP contribution in [0, 0.1) is 0 Å². The SMILES string of the molecule is CC/C=C\C/C=C\C/C=C\CCCCCC(=O)OC(COC(=O)CCCCCCC)COC(=O)CCCCCCC/C=C\CCCCCCCC. The number of carbonyl (C=O) groups is 3. The van der Waals surface area contributed by atoms with Gasteiger partial charge in [-0.05, 0) is 77.0 Å². The van der Waals surface area contributed by atoms with E-state index in [-0.39, 0.29) is 31.1 Å². The summed E-state index contributed by atoms with van der Waals surface area (Å²) in [5, 5.41) is 0. The van der Waals surface area contributed by atoms with Crippen LogP contribution in [0.1, 0.15) is 201 Å². The number of carbonyl (C=O) groups excluding carboxylic acids is 3. The summed E-state index contributed by atoms with van der Waals surface area (Å²) in [6.07, 6.45) is 45.5. The Bertz CT molecular complexity index is 918. The number of hydrogen-bond donors (Lipinski definition) is 0. The smallest absolute Gasteiger partial charge is 0.306 e. The number of allylic oxidation sites excluding steroid dienone is 8. The zero-order chi connectivity index (χ0) is 37.3. The molecule has 0 saturated carbocycles. The van der Waals surface area contributed by atoms with E-state index < -0.39 is 6.10 Å². The van der Waals surface area contributed by atoms with Gasteiger partial charge in [-0.25, -0.2) is 0 Å². The van der Waals surface area contributed by atoms with Crippen molar-refractivity contribution in [2.24, 2.45) is 0 Å². The van der Waals surface area contributed by atoms with Gasteiger partial charge in [0.1, 0.15) is 13.2 Å². The molecule has 0 aliphatic heterocycles. The third-order valence-electron chi connectivity index (χ3n) is 8.82. The number of esters is 3. The Labute approximate surface area is 314 Å². The van der Waals surface area contributed by atoms with Crippen LogP contribution in [0.2, 0.25) is 0 Å². The van der Waals surface area contributed by atoms with Crippen LogP contribution >= 0.6 is 0 Å². The molecule has 0 aliphatic rings. The van der Waals surface area contributed by atoms with Gasteiger partial charge in [-0.1, -0.05) is 153 Å². The van der Waals surface area contributed by atoms with E-state index in [9.17, 15) is 14.4 Å². The molecule has 0 bridgehead atoms. The largest absolute Gasteiger partial charge is 0.462 e. The molecule has 0 radical (unpaired) electrons. The summed E-state index contributed by atoms with van der Waals surface area (Å²) in [6.45, 7) is 6.38. The van der Waals surface area contributed by atoms with E-state index >= 15 is 0 Å². The van der Waals surface area contributed by atoms with Crippen molar-refractivity contribution in [3.05, 3.63) is 48.6 Å². The molecule has 51 heavy (non-hydrogen) atoms. The van der Waals surface area contributed by atoms with Gasteiger partial charge in [0.25, 0.3) is 0 Å². The average molecular weight is 715 g/mol. The number of unbranched alkanes of at least 4 members (excludes halogenated alkanes) is 18. The standard InChI is InChI=1S/C45H78O6/c1-4-7-10-13-15-17-19-21-22-24-25-27-29-32-35-38-44(47)50-41-42(40-49-43(46)37-34-31-12-9-6-3)51-45(48)39-36-33-30-28-26-23-20-18-16-14-11-8-5-2/h8,11,16,18,21-23,26,42H,4-7,9-10,12-15,17,19-20,24-25,27-41H2,1-3H3/b11-8-,18-16-,22-21-,26-23-. The molecular weight excluding hydrogens is 636 g/mol. The van der Waals surface area contributed by atoms with Crippen molar-refractivity contribution in [1.82, 2.24) is 0 Å². The van der Waals surface area contributed by atoms with Crippen LogP contribution in [0.15, 0.2) is 48.6 Å². The van der Waals surface area contributed by atoms with E-state index in [0.29, 0.717) is 19.3 Å². The Morgan fingerprint density at radius 1 is 0.412 bits per heavy atom. The molecule has 0 heterocycles. The quantitative estimate of drug-likeness (QED) is 0.0276. The van der Waals surface area contributed by atoms with E-state index in [1.807, 2.05) is 0 Å². The molecule has 0 aromatic carbocycles. The van der Waals surface area contributed by atoms with Gasteiger partial charge in [-0.3, -0.25) is 14.4 Å². The molecular formula is C45H78O6. The Balaban J connectivity index is 4.31. The number of rotatable bonds is 37. The molecule has 0 N–H and O–H groups in total. The summed E-state index contributed by atoms with van der Waals surface area (Å²) in [4.78, 5) is 37.4. The van der Waals surface area contributed by atoms with Crippen molar-refractivity contribution in [2.75, 3.05) is 13.2 Å². The molecule has 0 aromatic rings. The van der Waals surface area contributed by atoms with Gasteiger partial charge in [-0.2, -0.15) is 0 Å². The molecule has 6 heteroatoms. The Hall–Kier alpha value is -2.63. The minimum absolute atomic E-state index is 0.0889. The van der Waals surface area contributed by atoms with Gasteiger partial charge in [-0.15, -0.1) is 0 Å². The zero-order valence-electron chi connectivity index (χ0n) is 33.4. The maximum atomic E-state index is 12.6. The van der Waals surface area contributed by atoms with Crippen molar-refractivity contribution in [3.63, 3.8) is 0 Å². The first kappa shape index (κ1) is 48.4. The van der Waals surface area contributed by atoms with E-state index in [1.54, 1.807) is 0 Å². The predicted octanol–water partition coefficient (Wildman–Crippen LogP) is 13.2. The minimum Gasteiger partial charge on any atom is -0.462 e. The second-order valence-corrected chi connectivity index (χ2v) is 13.9. The lowest BCUT2D eigenvalue weighted by Gasteiger charge is -2.18. The highest BCUT2D eigenvalue weighted by molar-refractivity contribution is 5.71. The van der Waals surface area contributed by atoms with Gasteiger partial charge in [0.05, 0.1) is 0 Å². The molecule has 294 valence electrons. The molecule has 0 aliphatic carbocycles. The lowest BCUT2D eigenvalue weighted by molar-refractivity contribution is -0.167. The Morgan fingerprint density at radius 3 is 1.24 bits per heavy atom. The minimum atomic E-state index is -0.784. The first-order valence-corrected chi connectivity index (χ1v) is 21.1. The van der Waals surface area contributed by atoms with Crippen LogP contribution in [0.25, 0.3) is 0 Å². The molecule has 6 nitrogen and oxygen atoms in total. The van der Waals surface area contributed by atoms with Crippen LogP contribution < -0.4 is 0 Å². The van der Waals surface area contributed by atoms with Crippen LogP contribution in [0.4, 0.5) is 0 Å². The van der Waals surface area contributed by atoms with E-state index in [0.717, 1.165) is 96.3 Å². The van der Waals surface area contributed by atoms with Gasteiger partial charge in [0.2, 0.25) is 0 Å². The fourth-order valence-electron chi connectivity index (χ4n) is 5.62. The van der Waals surface area contributed by atoms with Crippen LogP contribution in [0.5, 0.6) is 0 Å². The van der Waals surface area contributed by atoms with Crippen molar-refractivity contribution in [3.8, 4) is 0 Å². The van der Waals surface area contributed by atoms with Gasteiger partial charge < -0.3 is 14.2 Å². The molecule has 1 atom stereocenters. The molecule has 0 amide bonds. The van der Waals surface area contributed by atoms with Crippen molar-refractivity contribution < 1.29 is 28.6 Å². The molecule has 0 aromatic heterocycles. The van der Waals surface area contributed by atoms with E-state index in [2.05, 4.69) is 69.4 Å². The lowest BCUT2D eigenvalue weighted by Crippen LogP contribution is -2.30. The normalized spacial score (nSPS) is 12.5. The average Bonchev–Trinajstić information content (AvgIpc) is 3.12. The van der Waals surface area contributed by atoms with Crippen molar-refractivity contribution in [1.29, 1.82) is 0 Å². The van der Waals surface area contributed by atoms with Gasteiger partial charge in [0, 0.05) is 19.3 Å². The third kappa shape index (κ3) is 38.4.